The Labute approximate surface area is 257 Å². The molecule has 234 valence electrons. The quantitative estimate of drug-likeness (QED) is 0.293. The van der Waals surface area contributed by atoms with Gasteiger partial charge in [-0.2, -0.15) is 5.26 Å². The third-order valence-corrected chi connectivity index (χ3v) is 13.6. The summed E-state index contributed by atoms with van der Waals surface area (Å²) >= 11 is 0. The van der Waals surface area contributed by atoms with Crippen molar-refractivity contribution >= 4 is 17.5 Å². The van der Waals surface area contributed by atoms with Crippen LogP contribution in [0.1, 0.15) is 119 Å². The van der Waals surface area contributed by atoms with Gasteiger partial charge in [-0.25, -0.2) is 4.98 Å². The van der Waals surface area contributed by atoms with Gasteiger partial charge in [0.15, 0.2) is 11.6 Å². The largest absolute Gasteiger partial charge is 0.342 e. The summed E-state index contributed by atoms with van der Waals surface area (Å²) in [4.78, 5) is 45.7. The molecule has 0 radical (unpaired) electrons. The van der Waals surface area contributed by atoms with Crippen molar-refractivity contribution in [3.63, 3.8) is 0 Å². The highest BCUT2D eigenvalue weighted by Gasteiger charge is 2.82. The molecule has 1 unspecified atom stereocenters. The number of ketones is 2. The Bertz CT molecular complexity index is 1420. The van der Waals surface area contributed by atoms with Crippen molar-refractivity contribution in [1.29, 1.82) is 5.26 Å². The smallest absolute Gasteiger partial charge is 0.240 e. The summed E-state index contributed by atoms with van der Waals surface area (Å²) in [5.41, 5.74) is -3.07. The van der Waals surface area contributed by atoms with Crippen LogP contribution in [0.2, 0.25) is 0 Å². The van der Waals surface area contributed by atoms with Crippen LogP contribution >= 0.6 is 0 Å². The molecule has 1 saturated heterocycles. The minimum atomic E-state index is -1.43. The van der Waals surface area contributed by atoms with Crippen LogP contribution in [-0.2, 0) is 14.3 Å². The van der Waals surface area contributed by atoms with E-state index in [0.29, 0.717) is 12.8 Å². The molecule has 2 saturated carbocycles. The van der Waals surface area contributed by atoms with Crippen molar-refractivity contribution in [2.45, 2.75) is 126 Å². The van der Waals surface area contributed by atoms with Crippen LogP contribution in [0.15, 0.2) is 30.4 Å². The van der Waals surface area contributed by atoms with E-state index in [0.717, 1.165) is 37.7 Å². The molecule has 0 amide bonds. The van der Waals surface area contributed by atoms with Crippen molar-refractivity contribution in [2.75, 3.05) is 0 Å². The Balaban J connectivity index is 1.54. The molecule has 4 aliphatic rings. The molecule has 3 aliphatic carbocycles. The standard InChI is InChI=1S/C36H51N3O4/c1-11-30(3,4)14-15-32(7,29(42)39-19-18-38-22-39)16-17-33(8)23(2)24(40)20-26-34(33,9)13-12-25-31(5,6)27(41)36(21-37)28(43-36)35(25,26)10/h18-20,22-23,25,28H,11-17H2,1-10H3/t23?,25-,28+,32-,33+,34+,35-,36-/m0/s1. The molecule has 7 nitrogen and oxygen atoms in total. The molecular formula is C36H51N3O4. The number of Topliss-reactive ketones (excluding diaryl/α,β-unsaturated/α-hetero) is 1. The molecule has 5 rings (SSSR count). The van der Waals surface area contributed by atoms with Crippen LogP contribution in [0.5, 0.6) is 0 Å². The molecule has 8 atom stereocenters. The Morgan fingerprint density at radius 2 is 1.81 bits per heavy atom. The number of rotatable bonds is 8. The van der Waals surface area contributed by atoms with Gasteiger partial charge < -0.3 is 4.74 Å². The zero-order valence-corrected chi connectivity index (χ0v) is 28.0. The van der Waals surface area contributed by atoms with Crippen LogP contribution in [0, 0.1) is 55.7 Å². The number of hydrogen-bond donors (Lipinski definition) is 0. The summed E-state index contributed by atoms with van der Waals surface area (Å²) in [5.74, 6) is -0.258. The average Bonchev–Trinajstić information content (AvgIpc) is 3.49. The van der Waals surface area contributed by atoms with Gasteiger partial charge in [-0.05, 0) is 66.8 Å². The molecule has 1 aromatic heterocycles. The van der Waals surface area contributed by atoms with Crippen LogP contribution < -0.4 is 0 Å². The number of aromatic nitrogens is 2. The fourth-order valence-corrected chi connectivity index (χ4v) is 9.54. The highest BCUT2D eigenvalue weighted by Crippen LogP contribution is 2.75. The molecule has 3 fully saturated rings. The summed E-state index contributed by atoms with van der Waals surface area (Å²) in [5, 5.41) is 10.2. The van der Waals surface area contributed by atoms with Gasteiger partial charge in [0.25, 0.3) is 0 Å². The van der Waals surface area contributed by atoms with Crippen molar-refractivity contribution < 1.29 is 19.1 Å². The highest BCUT2D eigenvalue weighted by atomic mass is 16.6. The maximum atomic E-state index is 14.0. The van der Waals surface area contributed by atoms with E-state index in [2.05, 4.69) is 59.5 Å². The predicted molar refractivity (Wildman–Crippen MR) is 165 cm³/mol. The Hall–Kier alpha value is -2.59. The van der Waals surface area contributed by atoms with Crippen molar-refractivity contribution in [1.82, 2.24) is 9.55 Å². The van der Waals surface area contributed by atoms with E-state index in [1.807, 2.05) is 26.8 Å². The summed E-state index contributed by atoms with van der Waals surface area (Å²) < 4.78 is 7.72. The monoisotopic (exact) mass is 589 g/mol. The number of epoxide rings is 1. The van der Waals surface area contributed by atoms with E-state index >= 15 is 0 Å². The number of carbonyl (C=O) groups excluding carboxylic acids is 3. The van der Waals surface area contributed by atoms with Gasteiger partial charge in [-0.1, -0.05) is 81.2 Å². The molecule has 0 bridgehead atoms. The molecule has 0 spiro atoms. The number of allylic oxidation sites excluding steroid dienone is 1. The van der Waals surface area contributed by atoms with E-state index < -0.39 is 33.4 Å². The third-order valence-electron chi connectivity index (χ3n) is 13.6. The van der Waals surface area contributed by atoms with Gasteiger partial charge in [-0.15, -0.1) is 0 Å². The molecule has 0 aromatic carbocycles. The first kappa shape index (κ1) is 31.8. The number of nitriles is 1. The number of fused-ring (bicyclic) bond motifs is 5. The number of imidazole rings is 1. The van der Waals surface area contributed by atoms with Gasteiger partial charge >= 0.3 is 0 Å². The molecule has 0 N–H and O–H groups in total. The van der Waals surface area contributed by atoms with Crippen molar-refractivity contribution in [2.24, 2.45) is 44.3 Å². The molecule has 1 aromatic rings. The SMILES string of the molecule is CCC(C)(C)CC[C@@](C)(CC[C@]1(C)C(C)C(=O)C=C2[C@@]3(C)[C@H]4O[C@@]4(C#N)C(=O)C(C)(C)[C@@H]3CC[C@]21C)C(=O)n1ccnc1. The minimum Gasteiger partial charge on any atom is -0.342 e. The normalized spacial score (nSPS) is 39.5. The molecule has 43 heavy (non-hydrogen) atoms. The zero-order chi connectivity index (χ0) is 32.0. The fourth-order valence-electron chi connectivity index (χ4n) is 9.54. The van der Waals surface area contributed by atoms with E-state index in [1.165, 1.54) is 0 Å². The minimum absolute atomic E-state index is 0.0318. The third kappa shape index (κ3) is 4.21. The van der Waals surface area contributed by atoms with Crippen LogP contribution in [0.3, 0.4) is 0 Å². The van der Waals surface area contributed by atoms with Crippen molar-refractivity contribution in [3.8, 4) is 6.07 Å². The van der Waals surface area contributed by atoms with E-state index in [4.69, 9.17) is 4.74 Å². The Morgan fingerprint density at radius 1 is 1.14 bits per heavy atom. The first-order chi connectivity index (χ1) is 19.8. The lowest BCUT2D eigenvalue weighted by molar-refractivity contribution is -0.146. The highest BCUT2D eigenvalue weighted by molar-refractivity contribution is 6.01. The van der Waals surface area contributed by atoms with Gasteiger partial charge in [-0.3, -0.25) is 19.0 Å². The number of carbonyl (C=O) groups is 3. The first-order valence-electron chi connectivity index (χ1n) is 16.2. The molecule has 2 heterocycles. The maximum Gasteiger partial charge on any atom is 0.240 e. The topological polar surface area (TPSA) is 105 Å². The second-order valence-electron chi connectivity index (χ2n) is 16.6. The second kappa shape index (κ2) is 9.70. The Morgan fingerprint density at radius 3 is 2.40 bits per heavy atom. The van der Waals surface area contributed by atoms with E-state index in [1.54, 1.807) is 23.3 Å². The fraction of sp³-hybridized carbons (Fsp3) is 0.750. The molecular weight excluding hydrogens is 538 g/mol. The van der Waals surface area contributed by atoms with Gasteiger partial charge in [0.2, 0.25) is 11.5 Å². The number of nitrogens with zero attached hydrogens (tertiary/aromatic N) is 3. The first-order valence-corrected chi connectivity index (χ1v) is 16.2. The number of ether oxygens (including phenoxy) is 1. The number of hydrogen-bond acceptors (Lipinski definition) is 6. The average molecular weight is 590 g/mol. The zero-order valence-electron chi connectivity index (χ0n) is 28.0. The Kier molecular flexibility index (Phi) is 7.18. The lowest BCUT2D eigenvalue weighted by Crippen LogP contribution is -2.64. The predicted octanol–water partition coefficient (Wildman–Crippen LogP) is 7.37. The van der Waals surface area contributed by atoms with Gasteiger partial charge in [0.05, 0.1) is 0 Å². The van der Waals surface area contributed by atoms with E-state index in [-0.39, 0.29) is 40.1 Å². The van der Waals surface area contributed by atoms with Crippen LogP contribution in [-0.4, -0.2) is 38.7 Å². The summed E-state index contributed by atoms with van der Waals surface area (Å²) in [6.45, 7) is 21.4. The second-order valence-corrected chi connectivity index (χ2v) is 16.6. The van der Waals surface area contributed by atoms with E-state index in [9.17, 15) is 19.6 Å². The maximum absolute atomic E-state index is 14.0. The van der Waals surface area contributed by atoms with Crippen molar-refractivity contribution in [3.05, 3.63) is 30.4 Å². The molecule has 7 heteroatoms. The lowest BCUT2D eigenvalue weighted by Gasteiger charge is -2.64. The summed E-state index contributed by atoms with van der Waals surface area (Å²) in [6, 6.07) is 2.24. The summed E-state index contributed by atoms with van der Waals surface area (Å²) in [7, 11) is 0. The summed E-state index contributed by atoms with van der Waals surface area (Å²) in [6.07, 6.45) is 12.0. The molecule has 1 aliphatic heterocycles. The van der Waals surface area contributed by atoms with Gasteiger partial charge in [0.1, 0.15) is 18.5 Å². The lowest BCUT2D eigenvalue weighted by atomic mass is 9.37. The van der Waals surface area contributed by atoms with Crippen LogP contribution in [0.25, 0.3) is 0 Å². The van der Waals surface area contributed by atoms with Crippen LogP contribution in [0.4, 0.5) is 0 Å². The van der Waals surface area contributed by atoms with Gasteiger partial charge in [0, 0.05) is 34.6 Å².